The minimum absolute atomic E-state index is 0.0400. The molecule has 1 N–H and O–H groups in total. The maximum absolute atomic E-state index is 9.74. The van der Waals surface area contributed by atoms with E-state index in [1.807, 2.05) is 60.7 Å². The number of aliphatic hydroxyl groups excluding tert-OH is 1. The first kappa shape index (κ1) is 12.9. The van der Waals surface area contributed by atoms with Crippen molar-refractivity contribution >= 4 is 5.71 Å². The molecule has 1 atom stereocenters. The van der Waals surface area contributed by atoms with E-state index in [0.29, 0.717) is 12.8 Å². The van der Waals surface area contributed by atoms with Crippen LogP contribution in [0.3, 0.4) is 0 Å². The van der Waals surface area contributed by atoms with Crippen molar-refractivity contribution in [2.75, 3.05) is 6.61 Å². The summed E-state index contributed by atoms with van der Waals surface area (Å²) >= 11 is 0. The molecule has 3 heteroatoms. The topological polar surface area (TPSA) is 41.8 Å². The molecule has 3 nitrogen and oxygen atoms in total. The van der Waals surface area contributed by atoms with Crippen molar-refractivity contribution in [1.82, 2.24) is 0 Å². The van der Waals surface area contributed by atoms with Crippen LogP contribution in [-0.4, -0.2) is 23.0 Å². The van der Waals surface area contributed by atoms with Crippen LogP contribution >= 0.6 is 0 Å². The molecule has 0 aromatic heterocycles. The molecule has 1 aliphatic rings. The zero-order chi connectivity index (χ0) is 13.8. The molecule has 102 valence electrons. The molecule has 0 radical (unpaired) electrons. The summed E-state index contributed by atoms with van der Waals surface area (Å²) in [4.78, 5) is 5.60. The zero-order valence-electron chi connectivity index (χ0n) is 11.2. The van der Waals surface area contributed by atoms with Gasteiger partial charge in [-0.2, -0.15) is 0 Å². The van der Waals surface area contributed by atoms with Gasteiger partial charge in [0.15, 0.2) is 5.60 Å². The van der Waals surface area contributed by atoms with Gasteiger partial charge in [-0.25, -0.2) is 0 Å². The molecule has 0 saturated carbocycles. The van der Waals surface area contributed by atoms with Gasteiger partial charge in [0.1, 0.15) is 0 Å². The molecular weight excluding hydrogens is 250 g/mol. The monoisotopic (exact) mass is 267 g/mol. The minimum Gasteiger partial charge on any atom is -0.392 e. The summed E-state index contributed by atoms with van der Waals surface area (Å²) in [6.07, 6.45) is 1.28. The molecule has 1 heterocycles. The molecule has 0 aliphatic carbocycles. The molecule has 0 spiro atoms. The maximum Gasteiger partial charge on any atom is 0.170 e. The Morgan fingerprint density at radius 2 is 1.65 bits per heavy atom. The Kier molecular flexibility index (Phi) is 3.52. The van der Waals surface area contributed by atoms with Gasteiger partial charge in [-0.05, 0) is 11.1 Å². The summed E-state index contributed by atoms with van der Waals surface area (Å²) in [6, 6.07) is 20.0. The SMILES string of the molecule is OC[C@@]1(Cc2ccccc2)CC(c2ccccc2)=NO1. The molecular formula is C17H17NO2. The molecule has 3 rings (SSSR count). The third-order valence-corrected chi connectivity index (χ3v) is 3.60. The summed E-state index contributed by atoms with van der Waals surface area (Å²) in [5.41, 5.74) is 2.46. The first-order chi connectivity index (χ1) is 9.81. The summed E-state index contributed by atoms with van der Waals surface area (Å²) < 4.78 is 0. The number of rotatable bonds is 4. The molecule has 0 amide bonds. The van der Waals surface area contributed by atoms with Gasteiger partial charge >= 0.3 is 0 Å². The number of benzene rings is 2. The Hall–Kier alpha value is -2.13. The molecule has 0 fully saturated rings. The van der Waals surface area contributed by atoms with E-state index in [-0.39, 0.29) is 6.61 Å². The smallest absolute Gasteiger partial charge is 0.170 e. The van der Waals surface area contributed by atoms with E-state index < -0.39 is 5.60 Å². The number of aliphatic hydroxyl groups is 1. The predicted octanol–water partition coefficient (Wildman–Crippen LogP) is 2.78. The fraction of sp³-hybridized carbons (Fsp3) is 0.235. The lowest BCUT2D eigenvalue weighted by Crippen LogP contribution is -2.36. The highest BCUT2D eigenvalue weighted by Crippen LogP contribution is 2.30. The number of nitrogens with zero attached hydrogens (tertiary/aromatic N) is 1. The van der Waals surface area contributed by atoms with Crippen LogP contribution in [0, 0.1) is 0 Å². The van der Waals surface area contributed by atoms with Crippen LogP contribution in [0.15, 0.2) is 65.8 Å². The molecule has 20 heavy (non-hydrogen) atoms. The van der Waals surface area contributed by atoms with Crippen molar-refractivity contribution in [3.8, 4) is 0 Å². The predicted molar refractivity (Wildman–Crippen MR) is 78.6 cm³/mol. The van der Waals surface area contributed by atoms with E-state index in [2.05, 4.69) is 5.16 Å². The van der Waals surface area contributed by atoms with Crippen molar-refractivity contribution in [3.63, 3.8) is 0 Å². The van der Waals surface area contributed by atoms with Crippen LogP contribution in [-0.2, 0) is 11.3 Å². The van der Waals surface area contributed by atoms with Gasteiger partial charge in [0, 0.05) is 12.8 Å². The highest BCUT2D eigenvalue weighted by molar-refractivity contribution is 6.01. The van der Waals surface area contributed by atoms with Crippen molar-refractivity contribution < 1.29 is 9.94 Å². The normalized spacial score (nSPS) is 21.4. The Balaban J connectivity index is 1.77. The van der Waals surface area contributed by atoms with E-state index in [0.717, 1.165) is 16.8 Å². The van der Waals surface area contributed by atoms with E-state index >= 15 is 0 Å². The van der Waals surface area contributed by atoms with Crippen molar-refractivity contribution in [2.24, 2.45) is 5.16 Å². The van der Waals surface area contributed by atoms with Gasteiger partial charge in [0.25, 0.3) is 0 Å². The van der Waals surface area contributed by atoms with Crippen LogP contribution in [0.1, 0.15) is 17.5 Å². The summed E-state index contributed by atoms with van der Waals surface area (Å²) in [5.74, 6) is 0. The van der Waals surface area contributed by atoms with Crippen molar-refractivity contribution in [2.45, 2.75) is 18.4 Å². The Morgan fingerprint density at radius 1 is 1.00 bits per heavy atom. The number of hydrogen-bond donors (Lipinski definition) is 1. The van der Waals surface area contributed by atoms with Gasteiger partial charge in [-0.15, -0.1) is 0 Å². The zero-order valence-corrected chi connectivity index (χ0v) is 11.2. The largest absolute Gasteiger partial charge is 0.392 e. The van der Waals surface area contributed by atoms with E-state index in [1.54, 1.807) is 0 Å². The Labute approximate surface area is 118 Å². The molecule has 2 aromatic rings. The minimum atomic E-state index is -0.632. The highest BCUT2D eigenvalue weighted by atomic mass is 16.7. The van der Waals surface area contributed by atoms with E-state index in [4.69, 9.17) is 4.84 Å². The second kappa shape index (κ2) is 5.47. The third kappa shape index (κ3) is 2.58. The highest BCUT2D eigenvalue weighted by Gasteiger charge is 2.39. The lowest BCUT2D eigenvalue weighted by Gasteiger charge is -2.24. The summed E-state index contributed by atoms with van der Waals surface area (Å²) in [7, 11) is 0. The Morgan fingerprint density at radius 3 is 2.30 bits per heavy atom. The second-order valence-electron chi connectivity index (χ2n) is 5.18. The summed E-state index contributed by atoms with van der Waals surface area (Å²) in [6.45, 7) is -0.0400. The standard InChI is InChI=1S/C17H17NO2/c19-13-17(11-14-7-3-1-4-8-14)12-16(18-20-17)15-9-5-2-6-10-15/h1-10,19H,11-13H2/t17-/m1/s1. The first-order valence-electron chi connectivity index (χ1n) is 6.77. The van der Waals surface area contributed by atoms with E-state index in [1.165, 1.54) is 0 Å². The van der Waals surface area contributed by atoms with Crippen LogP contribution in [0.2, 0.25) is 0 Å². The number of oxime groups is 1. The van der Waals surface area contributed by atoms with Crippen LogP contribution in [0.25, 0.3) is 0 Å². The molecule has 0 unspecified atom stereocenters. The lowest BCUT2D eigenvalue weighted by atomic mass is 9.89. The third-order valence-electron chi connectivity index (χ3n) is 3.60. The van der Waals surface area contributed by atoms with Crippen LogP contribution in [0.4, 0.5) is 0 Å². The fourth-order valence-electron chi connectivity index (χ4n) is 2.51. The first-order valence-corrected chi connectivity index (χ1v) is 6.77. The maximum atomic E-state index is 9.74. The average molecular weight is 267 g/mol. The summed E-state index contributed by atoms with van der Waals surface area (Å²) in [5, 5.41) is 13.9. The fourth-order valence-corrected chi connectivity index (χ4v) is 2.51. The number of hydrogen-bond acceptors (Lipinski definition) is 3. The van der Waals surface area contributed by atoms with Gasteiger partial charge in [0.2, 0.25) is 0 Å². The molecule has 0 saturated heterocycles. The van der Waals surface area contributed by atoms with Gasteiger partial charge in [-0.1, -0.05) is 65.8 Å². The van der Waals surface area contributed by atoms with Gasteiger partial charge < -0.3 is 9.94 Å². The van der Waals surface area contributed by atoms with Crippen LogP contribution in [0.5, 0.6) is 0 Å². The van der Waals surface area contributed by atoms with E-state index in [9.17, 15) is 5.11 Å². The molecule has 0 bridgehead atoms. The van der Waals surface area contributed by atoms with Crippen molar-refractivity contribution in [1.29, 1.82) is 0 Å². The lowest BCUT2D eigenvalue weighted by molar-refractivity contribution is -0.0563. The second-order valence-corrected chi connectivity index (χ2v) is 5.18. The molecule has 1 aliphatic heterocycles. The quantitative estimate of drug-likeness (QED) is 0.925. The van der Waals surface area contributed by atoms with Gasteiger partial charge in [-0.3, -0.25) is 0 Å². The van der Waals surface area contributed by atoms with Gasteiger partial charge in [0.05, 0.1) is 12.3 Å². The average Bonchev–Trinajstić information content (AvgIpc) is 2.94. The molecule has 2 aromatic carbocycles. The Bertz CT molecular complexity index is 595. The van der Waals surface area contributed by atoms with Crippen molar-refractivity contribution in [3.05, 3.63) is 71.8 Å². The van der Waals surface area contributed by atoms with Crippen LogP contribution < -0.4 is 0 Å².